The van der Waals surface area contributed by atoms with Gasteiger partial charge in [0.1, 0.15) is 0 Å². The van der Waals surface area contributed by atoms with Crippen LogP contribution in [0.25, 0.3) is 0 Å². The Balaban J connectivity index is 2.23. The van der Waals surface area contributed by atoms with Crippen molar-refractivity contribution in [2.75, 3.05) is 26.7 Å². The predicted octanol–water partition coefficient (Wildman–Crippen LogP) is 1.66. The average Bonchev–Trinajstić information content (AvgIpc) is 2.04. The summed E-state index contributed by atoms with van der Waals surface area (Å²) in [4.78, 5) is 2.39. The molecule has 2 heteroatoms. The van der Waals surface area contributed by atoms with E-state index < -0.39 is 0 Å². The minimum Gasteiger partial charge on any atom is -0.396 e. The first-order valence-electron chi connectivity index (χ1n) is 5.18. The van der Waals surface area contributed by atoms with Gasteiger partial charge in [0.15, 0.2) is 0 Å². The van der Waals surface area contributed by atoms with Crippen molar-refractivity contribution in [3.05, 3.63) is 12.2 Å². The number of likely N-dealkylation sites (tertiary alicyclic amines) is 1. The van der Waals surface area contributed by atoms with E-state index >= 15 is 0 Å². The van der Waals surface area contributed by atoms with Gasteiger partial charge in [0, 0.05) is 13.2 Å². The minimum absolute atomic E-state index is 0.251. The Bertz CT molecular complexity index is 167. The zero-order chi connectivity index (χ0) is 9.68. The Labute approximate surface area is 81.2 Å². The first kappa shape index (κ1) is 10.7. The first-order chi connectivity index (χ1) is 6.22. The molecule has 2 nitrogen and oxygen atoms in total. The van der Waals surface area contributed by atoms with Gasteiger partial charge in [0.05, 0.1) is 0 Å². The molecule has 0 aromatic rings. The molecule has 1 aliphatic heterocycles. The molecular weight excluding hydrogens is 162 g/mol. The molecule has 0 aliphatic carbocycles. The molecule has 1 rings (SSSR count). The van der Waals surface area contributed by atoms with E-state index in [2.05, 4.69) is 18.5 Å². The summed E-state index contributed by atoms with van der Waals surface area (Å²) in [5, 5.41) is 8.75. The molecule has 76 valence electrons. The molecule has 1 fully saturated rings. The van der Waals surface area contributed by atoms with Gasteiger partial charge < -0.3 is 10.0 Å². The molecule has 1 heterocycles. The SMILES string of the molecule is C=C(CCO)CC1CCCN(C)C1. The van der Waals surface area contributed by atoms with Crippen molar-refractivity contribution in [1.82, 2.24) is 4.90 Å². The van der Waals surface area contributed by atoms with Gasteiger partial charge in [0.25, 0.3) is 0 Å². The Morgan fingerprint density at radius 1 is 1.62 bits per heavy atom. The van der Waals surface area contributed by atoms with Crippen LogP contribution in [0.15, 0.2) is 12.2 Å². The summed E-state index contributed by atoms with van der Waals surface area (Å²) in [5.74, 6) is 0.776. The molecule has 1 aliphatic rings. The van der Waals surface area contributed by atoms with Crippen molar-refractivity contribution in [3.63, 3.8) is 0 Å². The number of aliphatic hydroxyl groups excluding tert-OH is 1. The predicted molar refractivity (Wildman–Crippen MR) is 55.7 cm³/mol. The van der Waals surface area contributed by atoms with E-state index in [1.807, 2.05) is 0 Å². The quantitative estimate of drug-likeness (QED) is 0.670. The Hall–Kier alpha value is -0.340. The molecule has 1 saturated heterocycles. The average molecular weight is 183 g/mol. The third-order valence-electron chi connectivity index (χ3n) is 2.76. The van der Waals surface area contributed by atoms with Crippen molar-refractivity contribution in [1.29, 1.82) is 0 Å². The highest BCUT2D eigenvalue weighted by atomic mass is 16.2. The van der Waals surface area contributed by atoms with Crippen LogP contribution in [-0.2, 0) is 0 Å². The second-order valence-corrected chi connectivity index (χ2v) is 4.20. The Morgan fingerprint density at radius 2 is 2.38 bits per heavy atom. The van der Waals surface area contributed by atoms with Crippen LogP contribution in [0.1, 0.15) is 25.7 Å². The standard InChI is InChI=1S/C11H21NO/c1-10(5-7-13)8-11-4-3-6-12(2)9-11/h11,13H,1,3-9H2,2H3. The molecule has 1 N–H and O–H groups in total. The molecule has 0 spiro atoms. The molecule has 0 aromatic heterocycles. The summed E-state index contributed by atoms with van der Waals surface area (Å²) in [6.45, 7) is 6.67. The van der Waals surface area contributed by atoms with Crippen molar-refractivity contribution < 1.29 is 5.11 Å². The van der Waals surface area contributed by atoms with Crippen LogP contribution in [0.3, 0.4) is 0 Å². The largest absolute Gasteiger partial charge is 0.396 e. The number of nitrogens with zero attached hydrogens (tertiary/aromatic N) is 1. The van der Waals surface area contributed by atoms with Crippen LogP contribution in [0, 0.1) is 5.92 Å². The second-order valence-electron chi connectivity index (χ2n) is 4.20. The first-order valence-corrected chi connectivity index (χ1v) is 5.18. The zero-order valence-corrected chi connectivity index (χ0v) is 8.63. The highest BCUT2D eigenvalue weighted by molar-refractivity contribution is 4.96. The van der Waals surface area contributed by atoms with Crippen LogP contribution in [0.2, 0.25) is 0 Å². The van der Waals surface area contributed by atoms with Crippen molar-refractivity contribution in [2.24, 2.45) is 5.92 Å². The summed E-state index contributed by atoms with van der Waals surface area (Å²) in [7, 11) is 2.18. The monoisotopic (exact) mass is 183 g/mol. The summed E-state index contributed by atoms with van der Waals surface area (Å²) in [5.41, 5.74) is 1.21. The van der Waals surface area contributed by atoms with Gasteiger partial charge in [-0.2, -0.15) is 0 Å². The normalized spacial score (nSPS) is 24.6. The van der Waals surface area contributed by atoms with Gasteiger partial charge in [0.2, 0.25) is 0 Å². The van der Waals surface area contributed by atoms with E-state index in [1.54, 1.807) is 0 Å². The summed E-state index contributed by atoms with van der Waals surface area (Å²) >= 11 is 0. The lowest BCUT2D eigenvalue weighted by atomic mass is 9.91. The van der Waals surface area contributed by atoms with Gasteiger partial charge in [-0.15, -0.1) is 0 Å². The summed E-state index contributed by atoms with van der Waals surface area (Å²) in [6.07, 6.45) is 4.52. The van der Waals surface area contributed by atoms with E-state index in [0.29, 0.717) is 0 Å². The fraction of sp³-hybridized carbons (Fsp3) is 0.818. The van der Waals surface area contributed by atoms with E-state index in [9.17, 15) is 0 Å². The fourth-order valence-electron chi connectivity index (χ4n) is 2.11. The van der Waals surface area contributed by atoms with Crippen LogP contribution >= 0.6 is 0 Å². The third-order valence-corrected chi connectivity index (χ3v) is 2.76. The molecule has 13 heavy (non-hydrogen) atoms. The van der Waals surface area contributed by atoms with Crippen molar-refractivity contribution >= 4 is 0 Å². The topological polar surface area (TPSA) is 23.5 Å². The Kier molecular flexibility index (Phi) is 4.46. The molecular formula is C11H21NO. The maximum Gasteiger partial charge on any atom is 0.0468 e. The van der Waals surface area contributed by atoms with Crippen LogP contribution in [-0.4, -0.2) is 36.8 Å². The molecule has 1 atom stereocenters. The van der Waals surface area contributed by atoms with E-state index in [0.717, 1.165) is 18.8 Å². The Morgan fingerprint density at radius 3 is 3.00 bits per heavy atom. The zero-order valence-electron chi connectivity index (χ0n) is 8.63. The molecule has 0 amide bonds. The van der Waals surface area contributed by atoms with E-state index in [-0.39, 0.29) is 6.61 Å². The maximum absolute atomic E-state index is 8.75. The van der Waals surface area contributed by atoms with Crippen molar-refractivity contribution in [3.8, 4) is 0 Å². The lowest BCUT2D eigenvalue weighted by Gasteiger charge is -2.30. The number of piperidine rings is 1. The van der Waals surface area contributed by atoms with Crippen LogP contribution in [0.4, 0.5) is 0 Å². The second kappa shape index (κ2) is 5.40. The highest BCUT2D eigenvalue weighted by Gasteiger charge is 2.17. The summed E-state index contributed by atoms with van der Waals surface area (Å²) < 4.78 is 0. The third kappa shape index (κ3) is 3.92. The van der Waals surface area contributed by atoms with Crippen LogP contribution < -0.4 is 0 Å². The molecule has 0 bridgehead atoms. The van der Waals surface area contributed by atoms with Gasteiger partial charge in [-0.05, 0) is 45.2 Å². The van der Waals surface area contributed by atoms with Gasteiger partial charge >= 0.3 is 0 Å². The minimum atomic E-state index is 0.251. The smallest absolute Gasteiger partial charge is 0.0468 e. The molecule has 0 radical (unpaired) electrons. The fourth-order valence-corrected chi connectivity index (χ4v) is 2.11. The highest BCUT2D eigenvalue weighted by Crippen LogP contribution is 2.22. The number of hydrogen-bond donors (Lipinski definition) is 1. The van der Waals surface area contributed by atoms with Gasteiger partial charge in [-0.25, -0.2) is 0 Å². The van der Waals surface area contributed by atoms with E-state index in [1.165, 1.54) is 31.5 Å². The molecule has 0 saturated carbocycles. The summed E-state index contributed by atoms with van der Waals surface area (Å²) in [6, 6.07) is 0. The van der Waals surface area contributed by atoms with Crippen LogP contribution in [0.5, 0.6) is 0 Å². The van der Waals surface area contributed by atoms with Gasteiger partial charge in [-0.1, -0.05) is 12.2 Å². The lowest BCUT2D eigenvalue weighted by Crippen LogP contribution is -2.32. The molecule has 1 unspecified atom stereocenters. The number of rotatable bonds is 4. The number of hydrogen-bond acceptors (Lipinski definition) is 2. The van der Waals surface area contributed by atoms with E-state index in [4.69, 9.17) is 5.11 Å². The molecule has 0 aromatic carbocycles. The van der Waals surface area contributed by atoms with Crippen molar-refractivity contribution in [2.45, 2.75) is 25.7 Å². The lowest BCUT2D eigenvalue weighted by molar-refractivity contribution is 0.206. The van der Waals surface area contributed by atoms with Gasteiger partial charge in [-0.3, -0.25) is 0 Å². The maximum atomic E-state index is 8.75. The number of aliphatic hydroxyl groups is 1.